The van der Waals surface area contributed by atoms with Gasteiger partial charge in [0, 0.05) is 19.6 Å². The SMILES string of the molecule is CN(CC(=O)O)CC1CN(C(=O)C(C)(C)COCc2ccccc2)CCO1. The summed E-state index contributed by atoms with van der Waals surface area (Å²) >= 11 is 0. The van der Waals surface area contributed by atoms with E-state index in [1.807, 2.05) is 44.2 Å². The molecule has 0 aromatic heterocycles. The van der Waals surface area contributed by atoms with Crippen LogP contribution in [0.5, 0.6) is 0 Å². The summed E-state index contributed by atoms with van der Waals surface area (Å²) in [6.07, 6.45) is -0.187. The Balaban J connectivity index is 1.83. The van der Waals surface area contributed by atoms with Crippen LogP contribution in [-0.4, -0.2) is 79.3 Å². The maximum absolute atomic E-state index is 13.0. The molecule has 150 valence electrons. The van der Waals surface area contributed by atoms with Crippen molar-refractivity contribution >= 4 is 11.9 Å². The number of likely N-dealkylation sites (N-methyl/N-ethyl adjacent to an activating group) is 1. The van der Waals surface area contributed by atoms with E-state index < -0.39 is 11.4 Å². The van der Waals surface area contributed by atoms with Crippen molar-refractivity contribution in [1.82, 2.24) is 9.80 Å². The number of carboxylic acids is 1. The minimum Gasteiger partial charge on any atom is -0.480 e. The van der Waals surface area contributed by atoms with Crippen molar-refractivity contribution in [2.24, 2.45) is 5.41 Å². The van der Waals surface area contributed by atoms with Gasteiger partial charge < -0.3 is 19.5 Å². The van der Waals surface area contributed by atoms with Crippen LogP contribution in [0.2, 0.25) is 0 Å². The lowest BCUT2D eigenvalue weighted by molar-refractivity contribution is -0.152. The Hall–Kier alpha value is -1.96. The number of morpholine rings is 1. The van der Waals surface area contributed by atoms with Crippen LogP contribution in [0, 0.1) is 5.41 Å². The van der Waals surface area contributed by atoms with Gasteiger partial charge in [-0.05, 0) is 26.5 Å². The van der Waals surface area contributed by atoms with Gasteiger partial charge in [-0.1, -0.05) is 30.3 Å². The van der Waals surface area contributed by atoms with E-state index in [0.29, 0.717) is 39.5 Å². The molecule has 0 aliphatic carbocycles. The number of amides is 1. The minimum absolute atomic E-state index is 0.0322. The van der Waals surface area contributed by atoms with Gasteiger partial charge in [-0.15, -0.1) is 0 Å². The van der Waals surface area contributed by atoms with Gasteiger partial charge in [0.2, 0.25) is 5.91 Å². The van der Waals surface area contributed by atoms with Crippen molar-refractivity contribution in [3.8, 4) is 0 Å². The minimum atomic E-state index is -0.877. The van der Waals surface area contributed by atoms with Gasteiger partial charge in [0.25, 0.3) is 0 Å². The molecule has 27 heavy (non-hydrogen) atoms. The predicted molar refractivity (Wildman–Crippen MR) is 101 cm³/mol. The fraction of sp³-hybridized carbons (Fsp3) is 0.600. The summed E-state index contributed by atoms with van der Waals surface area (Å²) in [6.45, 7) is 6.48. The second kappa shape index (κ2) is 9.82. The molecule has 0 radical (unpaired) electrons. The molecule has 2 rings (SSSR count). The van der Waals surface area contributed by atoms with E-state index in [1.54, 1.807) is 16.8 Å². The molecular formula is C20H30N2O5. The molecule has 1 aromatic rings. The molecule has 1 atom stereocenters. The maximum Gasteiger partial charge on any atom is 0.317 e. The van der Waals surface area contributed by atoms with Crippen molar-refractivity contribution in [3.63, 3.8) is 0 Å². The van der Waals surface area contributed by atoms with Gasteiger partial charge in [0.15, 0.2) is 0 Å². The summed E-state index contributed by atoms with van der Waals surface area (Å²) in [4.78, 5) is 27.2. The van der Waals surface area contributed by atoms with Crippen molar-refractivity contribution in [2.45, 2.75) is 26.6 Å². The van der Waals surface area contributed by atoms with Crippen LogP contribution < -0.4 is 0 Å². The van der Waals surface area contributed by atoms with E-state index in [2.05, 4.69) is 0 Å². The van der Waals surface area contributed by atoms with E-state index in [1.165, 1.54) is 0 Å². The average Bonchev–Trinajstić information content (AvgIpc) is 2.61. The molecule has 1 fully saturated rings. The number of carbonyl (C=O) groups excluding carboxylic acids is 1. The maximum atomic E-state index is 13.0. The molecule has 0 spiro atoms. The third kappa shape index (κ3) is 6.93. The first kappa shape index (κ1) is 21.3. The largest absolute Gasteiger partial charge is 0.480 e. The number of hydrogen-bond donors (Lipinski definition) is 1. The van der Waals surface area contributed by atoms with Crippen LogP contribution >= 0.6 is 0 Å². The Bertz CT molecular complexity index is 620. The molecule has 1 N–H and O–H groups in total. The number of aliphatic carboxylic acids is 1. The fourth-order valence-electron chi connectivity index (χ4n) is 3.15. The predicted octanol–water partition coefficient (Wildman–Crippen LogP) is 1.47. The molecule has 1 aliphatic heterocycles. The zero-order valence-electron chi connectivity index (χ0n) is 16.4. The first-order valence-corrected chi connectivity index (χ1v) is 9.21. The summed E-state index contributed by atoms with van der Waals surface area (Å²) in [6, 6.07) is 9.87. The van der Waals surface area contributed by atoms with Crippen molar-refractivity contribution < 1.29 is 24.2 Å². The average molecular weight is 378 g/mol. The Morgan fingerprint density at radius 2 is 2.04 bits per heavy atom. The van der Waals surface area contributed by atoms with Crippen LogP contribution in [0.4, 0.5) is 0 Å². The molecular weight excluding hydrogens is 348 g/mol. The van der Waals surface area contributed by atoms with E-state index in [0.717, 1.165) is 5.56 Å². The number of rotatable bonds is 9. The zero-order valence-corrected chi connectivity index (χ0v) is 16.4. The summed E-state index contributed by atoms with van der Waals surface area (Å²) in [7, 11) is 1.74. The zero-order chi connectivity index (χ0) is 19.9. The molecule has 1 aromatic carbocycles. The van der Waals surface area contributed by atoms with Crippen molar-refractivity contribution in [3.05, 3.63) is 35.9 Å². The number of hydrogen-bond acceptors (Lipinski definition) is 5. The third-order valence-electron chi connectivity index (χ3n) is 4.50. The molecule has 1 unspecified atom stereocenters. The highest BCUT2D eigenvalue weighted by molar-refractivity contribution is 5.82. The van der Waals surface area contributed by atoms with Crippen LogP contribution in [0.15, 0.2) is 30.3 Å². The Kier molecular flexibility index (Phi) is 7.77. The second-order valence-corrected chi connectivity index (χ2v) is 7.70. The van der Waals surface area contributed by atoms with Gasteiger partial charge in [0.05, 0.1) is 37.9 Å². The number of carboxylic acid groups (broad SMARTS) is 1. The molecule has 1 aliphatic rings. The molecule has 1 heterocycles. The molecule has 7 nitrogen and oxygen atoms in total. The quantitative estimate of drug-likeness (QED) is 0.701. The lowest BCUT2D eigenvalue weighted by Crippen LogP contribution is -2.53. The number of carbonyl (C=O) groups is 2. The van der Waals surface area contributed by atoms with Crippen LogP contribution in [0.3, 0.4) is 0 Å². The van der Waals surface area contributed by atoms with Crippen molar-refractivity contribution in [2.75, 3.05) is 46.4 Å². The standard InChI is InChI=1S/C20H30N2O5/c1-20(2,15-26-14-16-7-5-4-6-8-16)19(25)22-9-10-27-17(12-22)11-21(3)13-18(23)24/h4-8,17H,9-15H2,1-3H3,(H,23,24). The Labute approximate surface area is 160 Å². The van der Waals surface area contributed by atoms with Gasteiger partial charge in [-0.2, -0.15) is 0 Å². The topological polar surface area (TPSA) is 79.3 Å². The third-order valence-corrected chi connectivity index (χ3v) is 4.50. The van der Waals surface area contributed by atoms with E-state index in [9.17, 15) is 9.59 Å². The molecule has 0 bridgehead atoms. The second-order valence-electron chi connectivity index (χ2n) is 7.70. The fourth-order valence-corrected chi connectivity index (χ4v) is 3.15. The highest BCUT2D eigenvalue weighted by Crippen LogP contribution is 2.22. The van der Waals surface area contributed by atoms with Crippen molar-refractivity contribution in [1.29, 1.82) is 0 Å². The summed E-state index contributed by atoms with van der Waals surface area (Å²) in [5.41, 5.74) is 0.442. The molecule has 1 saturated heterocycles. The van der Waals surface area contributed by atoms with Gasteiger partial charge in [-0.3, -0.25) is 14.5 Å². The summed E-state index contributed by atoms with van der Waals surface area (Å²) in [5.74, 6) is -0.845. The number of benzene rings is 1. The van der Waals surface area contributed by atoms with E-state index in [-0.39, 0.29) is 18.6 Å². The summed E-state index contributed by atoms with van der Waals surface area (Å²) in [5, 5.41) is 8.86. The molecule has 7 heteroatoms. The van der Waals surface area contributed by atoms with Gasteiger partial charge >= 0.3 is 5.97 Å². The van der Waals surface area contributed by atoms with E-state index >= 15 is 0 Å². The first-order chi connectivity index (χ1) is 12.8. The number of nitrogens with zero attached hydrogens (tertiary/aromatic N) is 2. The van der Waals surface area contributed by atoms with Crippen LogP contribution in [0.25, 0.3) is 0 Å². The van der Waals surface area contributed by atoms with Crippen LogP contribution in [0.1, 0.15) is 19.4 Å². The monoisotopic (exact) mass is 378 g/mol. The van der Waals surface area contributed by atoms with Crippen LogP contribution in [-0.2, 0) is 25.7 Å². The van der Waals surface area contributed by atoms with Gasteiger partial charge in [-0.25, -0.2) is 0 Å². The highest BCUT2D eigenvalue weighted by atomic mass is 16.5. The lowest BCUT2D eigenvalue weighted by atomic mass is 9.92. The van der Waals surface area contributed by atoms with Gasteiger partial charge in [0.1, 0.15) is 0 Å². The Morgan fingerprint density at radius 3 is 2.70 bits per heavy atom. The molecule has 1 amide bonds. The number of ether oxygens (including phenoxy) is 2. The highest BCUT2D eigenvalue weighted by Gasteiger charge is 2.35. The normalized spacial score (nSPS) is 17.9. The first-order valence-electron chi connectivity index (χ1n) is 9.21. The lowest BCUT2D eigenvalue weighted by Gasteiger charge is -2.38. The molecule has 0 saturated carbocycles. The smallest absolute Gasteiger partial charge is 0.317 e. The summed E-state index contributed by atoms with van der Waals surface area (Å²) < 4.78 is 11.5. The van der Waals surface area contributed by atoms with E-state index in [4.69, 9.17) is 14.6 Å². The Morgan fingerprint density at radius 1 is 1.33 bits per heavy atom.